The zero-order valence-electron chi connectivity index (χ0n) is 15.0. The number of nitrogens with zero attached hydrogens (tertiary/aromatic N) is 1. The van der Waals surface area contributed by atoms with Crippen LogP contribution < -0.4 is 5.32 Å². The maximum atomic E-state index is 3.50. The molecule has 1 saturated carbocycles. The molecule has 1 saturated heterocycles. The molecule has 1 N–H and O–H groups in total. The molecule has 1 aliphatic carbocycles. The van der Waals surface area contributed by atoms with Gasteiger partial charge in [0.2, 0.25) is 0 Å². The van der Waals surface area contributed by atoms with E-state index in [1.807, 2.05) is 0 Å². The highest BCUT2D eigenvalue weighted by molar-refractivity contribution is 4.89. The molecule has 2 aliphatic rings. The van der Waals surface area contributed by atoms with Gasteiger partial charge < -0.3 is 10.2 Å². The van der Waals surface area contributed by atoms with Gasteiger partial charge in [0, 0.05) is 13.1 Å². The third-order valence-electron chi connectivity index (χ3n) is 6.25. The highest BCUT2D eigenvalue weighted by Crippen LogP contribution is 2.39. The second-order valence-corrected chi connectivity index (χ2v) is 8.42. The van der Waals surface area contributed by atoms with Gasteiger partial charge in [-0.05, 0) is 75.4 Å². The minimum absolute atomic E-state index is 0.554. The largest absolute Gasteiger partial charge is 0.319 e. The summed E-state index contributed by atoms with van der Waals surface area (Å²) >= 11 is 0. The molecule has 1 aliphatic heterocycles. The highest BCUT2D eigenvalue weighted by atomic mass is 15.1. The summed E-state index contributed by atoms with van der Waals surface area (Å²) in [5.74, 6) is 2.78. The molecule has 0 aromatic rings. The molecule has 0 aromatic heterocycles. The summed E-state index contributed by atoms with van der Waals surface area (Å²) in [4.78, 5) is 2.80. The molecule has 2 heteroatoms. The third kappa shape index (κ3) is 4.96. The van der Waals surface area contributed by atoms with Gasteiger partial charge in [-0.1, -0.05) is 33.6 Å². The van der Waals surface area contributed by atoms with E-state index in [-0.39, 0.29) is 0 Å². The molecule has 21 heavy (non-hydrogen) atoms. The normalized spacial score (nSPS) is 35.9. The predicted molar refractivity (Wildman–Crippen MR) is 92.6 cm³/mol. The number of hydrogen-bond acceptors (Lipinski definition) is 2. The van der Waals surface area contributed by atoms with Crippen molar-refractivity contribution in [1.82, 2.24) is 10.2 Å². The first-order valence-corrected chi connectivity index (χ1v) is 9.41. The fourth-order valence-electron chi connectivity index (χ4n) is 4.62. The second kappa shape index (κ2) is 7.97. The van der Waals surface area contributed by atoms with E-state index in [1.54, 1.807) is 0 Å². The molecule has 2 rings (SSSR count). The third-order valence-corrected chi connectivity index (χ3v) is 6.25. The van der Waals surface area contributed by atoms with E-state index in [1.165, 1.54) is 71.1 Å². The van der Waals surface area contributed by atoms with E-state index >= 15 is 0 Å². The smallest absolute Gasteiger partial charge is 0.00501 e. The number of hydrogen-bond donors (Lipinski definition) is 1. The number of likely N-dealkylation sites (tertiary alicyclic amines) is 1. The van der Waals surface area contributed by atoms with Crippen LogP contribution in [0.15, 0.2) is 0 Å². The van der Waals surface area contributed by atoms with E-state index in [4.69, 9.17) is 0 Å². The van der Waals surface area contributed by atoms with Crippen LogP contribution in [0.25, 0.3) is 0 Å². The Bertz CT molecular complexity index is 292. The first-order valence-electron chi connectivity index (χ1n) is 9.41. The Hall–Kier alpha value is -0.0800. The second-order valence-electron chi connectivity index (χ2n) is 8.42. The maximum absolute atomic E-state index is 3.50. The van der Waals surface area contributed by atoms with Crippen LogP contribution in [0.4, 0.5) is 0 Å². The Morgan fingerprint density at radius 3 is 2.43 bits per heavy atom. The predicted octanol–water partition coefficient (Wildman–Crippen LogP) is 4.16. The molecule has 1 heterocycles. The topological polar surface area (TPSA) is 15.3 Å². The summed E-state index contributed by atoms with van der Waals surface area (Å²) in [5, 5.41) is 3.50. The monoisotopic (exact) mass is 294 g/mol. The molecule has 0 spiro atoms. The molecule has 0 bridgehead atoms. The minimum Gasteiger partial charge on any atom is -0.319 e. The zero-order chi connectivity index (χ0) is 15.3. The summed E-state index contributed by atoms with van der Waals surface area (Å²) < 4.78 is 0. The van der Waals surface area contributed by atoms with Crippen molar-refractivity contribution in [2.24, 2.45) is 23.2 Å². The van der Waals surface area contributed by atoms with Crippen molar-refractivity contribution in [3.8, 4) is 0 Å². The molecule has 1 unspecified atom stereocenters. The van der Waals surface area contributed by atoms with Gasteiger partial charge in [-0.15, -0.1) is 0 Å². The average Bonchev–Trinajstić information content (AvgIpc) is 2.68. The molecule has 0 aromatic carbocycles. The van der Waals surface area contributed by atoms with E-state index in [0.717, 1.165) is 17.8 Å². The quantitative estimate of drug-likeness (QED) is 0.819. The van der Waals surface area contributed by atoms with Crippen molar-refractivity contribution in [1.29, 1.82) is 0 Å². The Morgan fingerprint density at radius 2 is 1.81 bits per heavy atom. The van der Waals surface area contributed by atoms with Crippen molar-refractivity contribution in [2.45, 2.75) is 65.7 Å². The number of rotatable bonds is 5. The van der Waals surface area contributed by atoms with Crippen LogP contribution in [0.1, 0.15) is 65.7 Å². The maximum Gasteiger partial charge on any atom is 0.00501 e. The van der Waals surface area contributed by atoms with E-state index in [0.29, 0.717) is 5.41 Å². The molecule has 0 amide bonds. The fraction of sp³-hybridized carbons (Fsp3) is 1.00. The molecule has 2 nitrogen and oxygen atoms in total. The Morgan fingerprint density at radius 1 is 1.10 bits per heavy atom. The lowest BCUT2D eigenvalue weighted by atomic mass is 9.70. The van der Waals surface area contributed by atoms with Crippen LogP contribution in [0.2, 0.25) is 0 Å². The lowest BCUT2D eigenvalue weighted by Gasteiger charge is -2.42. The summed E-state index contributed by atoms with van der Waals surface area (Å²) in [5.41, 5.74) is 0.554. The van der Waals surface area contributed by atoms with Gasteiger partial charge in [0.15, 0.2) is 0 Å². The lowest BCUT2D eigenvalue weighted by Crippen LogP contribution is -2.45. The van der Waals surface area contributed by atoms with Crippen molar-refractivity contribution >= 4 is 0 Å². The van der Waals surface area contributed by atoms with Gasteiger partial charge in [-0.3, -0.25) is 0 Å². The zero-order valence-corrected chi connectivity index (χ0v) is 15.0. The highest BCUT2D eigenvalue weighted by Gasteiger charge is 2.35. The van der Waals surface area contributed by atoms with Crippen molar-refractivity contribution in [3.63, 3.8) is 0 Å². The molecule has 124 valence electrons. The molecular formula is C19H38N2. The Balaban J connectivity index is 1.91. The van der Waals surface area contributed by atoms with Crippen molar-refractivity contribution < 1.29 is 0 Å². The summed E-state index contributed by atoms with van der Waals surface area (Å²) in [6.07, 6.45) is 10.0. The molecule has 0 radical (unpaired) electrons. The van der Waals surface area contributed by atoms with Gasteiger partial charge >= 0.3 is 0 Å². The summed E-state index contributed by atoms with van der Waals surface area (Å²) in [6, 6.07) is 0. The van der Waals surface area contributed by atoms with Gasteiger partial charge in [-0.25, -0.2) is 0 Å². The van der Waals surface area contributed by atoms with E-state index in [9.17, 15) is 0 Å². The van der Waals surface area contributed by atoms with Gasteiger partial charge in [0.25, 0.3) is 0 Å². The van der Waals surface area contributed by atoms with Gasteiger partial charge in [-0.2, -0.15) is 0 Å². The first kappa shape index (κ1) is 17.3. The molecule has 1 atom stereocenters. The van der Waals surface area contributed by atoms with Gasteiger partial charge in [0.05, 0.1) is 0 Å². The van der Waals surface area contributed by atoms with Crippen LogP contribution in [0.3, 0.4) is 0 Å². The average molecular weight is 295 g/mol. The van der Waals surface area contributed by atoms with Crippen LogP contribution >= 0.6 is 0 Å². The summed E-state index contributed by atoms with van der Waals surface area (Å²) in [7, 11) is 2.14. The number of nitrogens with one attached hydrogen (secondary N) is 1. The SMILES string of the molecule is CNCC1(CN2CCCC(C(C)C)CC2)CCC(C)CC1. The van der Waals surface area contributed by atoms with E-state index < -0.39 is 0 Å². The molecule has 2 fully saturated rings. The lowest BCUT2D eigenvalue weighted by molar-refractivity contribution is 0.0889. The van der Waals surface area contributed by atoms with Crippen LogP contribution in [0.5, 0.6) is 0 Å². The fourth-order valence-corrected chi connectivity index (χ4v) is 4.62. The van der Waals surface area contributed by atoms with Crippen LogP contribution in [0, 0.1) is 23.2 Å². The Labute approximate surface area is 133 Å². The van der Waals surface area contributed by atoms with Crippen molar-refractivity contribution in [2.75, 3.05) is 33.2 Å². The summed E-state index contributed by atoms with van der Waals surface area (Å²) in [6.45, 7) is 12.5. The van der Waals surface area contributed by atoms with Crippen LogP contribution in [-0.2, 0) is 0 Å². The van der Waals surface area contributed by atoms with Gasteiger partial charge in [0.1, 0.15) is 0 Å². The van der Waals surface area contributed by atoms with Crippen LogP contribution in [-0.4, -0.2) is 38.1 Å². The standard InChI is InChI=1S/C19H38N2/c1-16(2)18-6-5-12-21(13-9-18)15-19(14-20-4)10-7-17(3)8-11-19/h16-18,20H,5-15H2,1-4H3. The molecular weight excluding hydrogens is 256 g/mol. The Kier molecular flexibility index (Phi) is 6.55. The first-order chi connectivity index (χ1) is 10.0. The van der Waals surface area contributed by atoms with Crippen molar-refractivity contribution in [3.05, 3.63) is 0 Å². The van der Waals surface area contributed by atoms with E-state index in [2.05, 4.69) is 38.0 Å². The minimum atomic E-state index is 0.554.